The summed E-state index contributed by atoms with van der Waals surface area (Å²) in [6.45, 7) is 0. The first-order chi connectivity index (χ1) is 55.5. The molecule has 0 N–H and O–H groups in total. The number of aromatic nitrogens is 9. The Bertz CT molecular complexity index is 6760. The maximum Gasteiger partial charge on any atom is 0.160 e. The Kier molecular flexibility index (Phi) is 16.0. The number of para-hydroxylation sites is 4. The fourth-order valence-corrected chi connectivity index (χ4v) is 16.5. The van der Waals surface area contributed by atoms with Crippen LogP contribution in [0.3, 0.4) is 0 Å². The minimum atomic E-state index is 0.705. The van der Waals surface area contributed by atoms with Crippen LogP contribution in [0.1, 0.15) is 0 Å². The van der Waals surface area contributed by atoms with E-state index in [4.69, 9.17) is 24.9 Å². The third-order valence-electron chi connectivity index (χ3n) is 21.8. The number of pyridine rings is 3. The second-order valence-corrected chi connectivity index (χ2v) is 28.4. The lowest BCUT2D eigenvalue weighted by Gasteiger charge is -2.12. The van der Waals surface area contributed by atoms with Crippen LogP contribution in [0.2, 0.25) is 0 Å². The molecular formula is C103H67N9. The first-order valence-corrected chi connectivity index (χ1v) is 37.8. The third-order valence-corrected chi connectivity index (χ3v) is 21.8. The van der Waals surface area contributed by atoms with Crippen LogP contribution in [0.15, 0.2) is 407 Å². The Morgan fingerprint density at radius 1 is 0.161 bits per heavy atom. The Morgan fingerprint density at radius 3 is 0.857 bits per heavy atom. The molecule has 0 aliphatic carbocycles. The predicted octanol–water partition coefficient (Wildman–Crippen LogP) is 26.1. The molecule has 22 aromatic rings. The first kappa shape index (κ1) is 65.1. The van der Waals surface area contributed by atoms with Crippen molar-refractivity contribution in [3.8, 4) is 113 Å². The van der Waals surface area contributed by atoms with Gasteiger partial charge >= 0.3 is 0 Å². The zero-order valence-electron chi connectivity index (χ0n) is 60.7. The highest BCUT2D eigenvalue weighted by Gasteiger charge is 2.22. The summed E-state index contributed by atoms with van der Waals surface area (Å²) < 4.78 is 9.36. The average molecular weight is 1430 g/mol. The van der Waals surface area contributed by atoms with Crippen molar-refractivity contribution in [1.29, 1.82) is 0 Å². The van der Waals surface area contributed by atoms with E-state index in [1.54, 1.807) is 0 Å². The molecule has 0 atom stereocenters. The predicted molar refractivity (Wildman–Crippen MR) is 463 cm³/mol. The van der Waals surface area contributed by atoms with E-state index >= 15 is 0 Å². The van der Waals surface area contributed by atoms with Gasteiger partial charge in [0.2, 0.25) is 0 Å². The molecule has 112 heavy (non-hydrogen) atoms. The Labute approximate surface area is 645 Å². The monoisotopic (exact) mass is 1430 g/mol. The van der Waals surface area contributed by atoms with Crippen LogP contribution in [0.4, 0.5) is 0 Å². The molecule has 0 radical (unpaired) electrons. The molecule has 8 heterocycles. The van der Waals surface area contributed by atoms with Crippen molar-refractivity contribution in [3.05, 3.63) is 407 Å². The van der Waals surface area contributed by atoms with E-state index in [0.29, 0.717) is 5.82 Å². The van der Waals surface area contributed by atoms with Gasteiger partial charge in [0.05, 0.1) is 77.9 Å². The van der Waals surface area contributed by atoms with Crippen LogP contribution in [0.25, 0.3) is 200 Å². The summed E-state index contributed by atoms with van der Waals surface area (Å²) in [4.78, 5) is 25.0. The van der Waals surface area contributed by atoms with Crippen LogP contribution in [0, 0.1) is 0 Å². The van der Waals surface area contributed by atoms with Gasteiger partial charge in [-0.15, -0.1) is 0 Å². The lowest BCUT2D eigenvalue weighted by molar-refractivity contribution is 1.17. The van der Waals surface area contributed by atoms with Gasteiger partial charge in [-0.25, -0.2) is 15.0 Å². The first-order valence-electron chi connectivity index (χ1n) is 37.8. The Morgan fingerprint density at radius 2 is 0.446 bits per heavy atom. The molecule has 0 saturated heterocycles. The minimum Gasteiger partial charge on any atom is -0.309 e. The van der Waals surface area contributed by atoms with E-state index in [1.807, 2.05) is 73.1 Å². The van der Waals surface area contributed by atoms with Crippen molar-refractivity contribution in [3.63, 3.8) is 0 Å². The van der Waals surface area contributed by atoms with Gasteiger partial charge in [0, 0.05) is 95.3 Å². The summed E-state index contributed by atoms with van der Waals surface area (Å²) >= 11 is 0. The standard InChI is InChI=1S/C52H34N4.C51H33N5/c1-4-13-36(14-5-1)46-33-40(34-47(54-46)37-15-6-2-7-16-37)35-22-26-42(27-23-35)56-50-29-25-39(32-45(50)52-51(56)21-12-30-53-52)38-24-28-49-44(31-38)43-19-10-11-20-48(43)55(49)41-17-8-3-9-18-41;1-4-13-34(14-5-1)44-33-45(54-51(53-44)36-15-6-2-7-16-36)35-22-26-40(27-23-35)56-48-29-25-38(32-43(48)50-49(56)21-12-30-52-50)37-24-28-47-42(31-37)41-19-10-11-20-46(41)55(47)39-17-8-3-9-18-39/h1-34H;1-33H. The summed E-state index contributed by atoms with van der Waals surface area (Å²) in [6, 6.07) is 140. The van der Waals surface area contributed by atoms with Crippen LogP contribution in [0.5, 0.6) is 0 Å². The second kappa shape index (κ2) is 27.5. The summed E-state index contributed by atoms with van der Waals surface area (Å²) in [6.07, 6.45) is 3.78. The SMILES string of the molecule is c1ccc(-c2cc(-c3ccc(-n4c5ccc(-c6ccc7c(c6)c6ccccc6n7-c6ccccc6)cc5c5ncccc54)cc3)cc(-c3ccccc3)n2)cc1.c1ccc(-c2cc(-c3ccc(-n4c5ccc(-c6ccc7c(c6)c6ccccc6n7-c6ccccc6)cc5c5ncccc54)cc3)nc(-c3ccccc3)n2)cc1. The molecule has 0 fully saturated rings. The van der Waals surface area contributed by atoms with Crippen molar-refractivity contribution in [2.75, 3.05) is 0 Å². The van der Waals surface area contributed by atoms with Crippen molar-refractivity contribution >= 4 is 87.5 Å². The summed E-state index contributed by atoms with van der Waals surface area (Å²) in [5.41, 5.74) is 31.5. The molecule has 0 unspecified atom stereocenters. The normalized spacial score (nSPS) is 11.6. The van der Waals surface area contributed by atoms with Gasteiger partial charge in [0.15, 0.2) is 5.82 Å². The molecule has 14 aromatic carbocycles. The fraction of sp³-hybridized carbons (Fsp3) is 0. The number of hydrogen-bond donors (Lipinski definition) is 0. The lowest BCUT2D eigenvalue weighted by Crippen LogP contribution is -1.97. The lowest BCUT2D eigenvalue weighted by atomic mass is 9.99. The number of benzene rings is 14. The molecule has 0 bridgehead atoms. The number of rotatable bonds is 12. The summed E-state index contributed by atoms with van der Waals surface area (Å²) in [5, 5.41) is 7.20. The van der Waals surface area contributed by atoms with E-state index in [0.717, 1.165) is 139 Å². The van der Waals surface area contributed by atoms with Crippen molar-refractivity contribution in [2.24, 2.45) is 0 Å². The van der Waals surface area contributed by atoms with Gasteiger partial charge in [-0.1, -0.05) is 243 Å². The molecule has 9 nitrogen and oxygen atoms in total. The van der Waals surface area contributed by atoms with E-state index in [2.05, 4.69) is 352 Å². The highest BCUT2D eigenvalue weighted by Crippen LogP contribution is 2.42. The van der Waals surface area contributed by atoms with E-state index < -0.39 is 0 Å². The van der Waals surface area contributed by atoms with E-state index in [-0.39, 0.29) is 0 Å². The maximum absolute atomic E-state index is 5.08. The van der Waals surface area contributed by atoms with E-state index in [1.165, 1.54) is 54.7 Å². The van der Waals surface area contributed by atoms with Gasteiger partial charge in [0.25, 0.3) is 0 Å². The minimum absolute atomic E-state index is 0.705. The quantitative estimate of drug-likeness (QED) is 0.122. The topological polar surface area (TPSA) is 84.2 Å². The molecule has 9 heteroatoms. The van der Waals surface area contributed by atoms with E-state index in [9.17, 15) is 0 Å². The van der Waals surface area contributed by atoms with Crippen molar-refractivity contribution in [2.45, 2.75) is 0 Å². The van der Waals surface area contributed by atoms with Gasteiger partial charge < -0.3 is 18.3 Å². The second-order valence-electron chi connectivity index (χ2n) is 28.4. The molecule has 22 rings (SSSR count). The molecular weight excluding hydrogens is 1360 g/mol. The highest BCUT2D eigenvalue weighted by molar-refractivity contribution is 6.14. The molecule has 0 saturated carbocycles. The third kappa shape index (κ3) is 11.5. The molecule has 0 amide bonds. The Balaban J connectivity index is 0.000000141. The fourth-order valence-electron chi connectivity index (χ4n) is 16.5. The zero-order chi connectivity index (χ0) is 74.0. The molecule has 524 valence electrons. The van der Waals surface area contributed by atoms with Crippen LogP contribution < -0.4 is 0 Å². The smallest absolute Gasteiger partial charge is 0.160 e. The van der Waals surface area contributed by atoms with Gasteiger partial charge in [-0.2, -0.15) is 0 Å². The van der Waals surface area contributed by atoms with Crippen LogP contribution >= 0.6 is 0 Å². The number of hydrogen-bond acceptors (Lipinski definition) is 5. The largest absolute Gasteiger partial charge is 0.309 e. The summed E-state index contributed by atoms with van der Waals surface area (Å²) in [5.74, 6) is 0.705. The highest BCUT2D eigenvalue weighted by atomic mass is 15.0. The molecule has 8 aromatic heterocycles. The molecule has 0 aliphatic rings. The maximum atomic E-state index is 5.08. The van der Waals surface area contributed by atoms with Gasteiger partial charge in [-0.3, -0.25) is 9.97 Å². The van der Waals surface area contributed by atoms with Gasteiger partial charge in [0.1, 0.15) is 0 Å². The van der Waals surface area contributed by atoms with Crippen LogP contribution in [-0.2, 0) is 0 Å². The molecule has 0 aliphatic heterocycles. The van der Waals surface area contributed by atoms with Crippen molar-refractivity contribution in [1.82, 2.24) is 43.2 Å². The number of nitrogens with zero attached hydrogens (tertiary/aromatic N) is 9. The zero-order valence-corrected chi connectivity index (χ0v) is 60.7. The Hall–Kier alpha value is -15.2. The van der Waals surface area contributed by atoms with Crippen molar-refractivity contribution < 1.29 is 0 Å². The average Bonchev–Trinajstić information content (AvgIpc) is 1.53. The number of fused-ring (bicyclic) bond motifs is 12. The summed E-state index contributed by atoms with van der Waals surface area (Å²) in [7, 11) is 0. The van der Waals surface area contributed by atoms with Gasteiger partial charge in [-0.05, 0) is 185 Å². The van der Waals surface area contributed by atoms with Crippen LogP contribution in [-0.4, -0.2) is 43.2 Å². The molecule has 0 spiro atoms.